The molecule has 1 aromatic carbocycles. The predicted molar refractivity (Wildman–Crippen MR) is 83.6 cm³/mol. The largest absolute Gasteiger partial charge is 0.465 e. The molecule has 1 saturated carbocycles. The number of piperazine rings is 1. The van der Waals surface area contributed by atoms with Gasteiger partial charge in [0.05, 0.1) is 18.4 Å². The van der Waals surface area contributed by atoms with Crippen LogP contribution in [0.15, 0.2) is 18.2 Å². The highest BCUT2D eigenvalue weighted by Crippen LogP contribution is 2.30. The van der Waals surface area contributed by atoms with E-state index in [2.05, 4.69) is 9.80 Å². The van der Waals surface area contributed by atoms with Crippen LogP contribution in [-0.2, 0) is 4.74 Å². The van der Waals surface area contributed by atoms with Crippen LogP contribution in [0.2, 0.25) is 0 Å². The maximum absolute atomic E-state index is 11.9. The van der Waals surface area contributed by atoms with Crippen molar-refractivity contribution in [3.63, 3.8) is 0 Å². The van der Waals surface area contributed by atoms with E-state index in [0.717, 1.165) is 37.8 Å². The van der Waals surface area contributed by atoms with Gasteiger partial charge in [0.25, 0.3) is 0 Å². The Bertz CT molecular complexity index is 520. The Balaban J connectivity index is 1.70. The summed E-state index contributed by atoms with van der Waals surface area (Å²) in [6.45, 7) is 5.24. The minimum atomic E-state index is -0.322. The van der Waals surface area contributed by atoms with Gasteiger partial charge in [-0.25, -0.2) is 4.79 Å². The van der Waals surface area contributed by atoms with Crippen molar-refractivity contribution >= 4 is 17.3 Å². The minimum absolute atomic E-state index is 0.322. The second-order valence-electron chi connectivity index (χ2n) is 6.00. The van der Waals surface area contributed by atoms with Crippen molar-refractivity contribution < 1.29 is 9.53 Å². The average molecular weight is 289 g/mol. The number of nitrogens with zero attached hydrogens (tertiary/aromatic N) is 2. The Morgan fingerprint density at radius 2 is 2.00 bits per heavy atom. The lowest BCUT2D eigenvalue weighted by atomic mass is 10.1. The highest BCUT2D eigenvalue weighted by Gasteiger charge is 2.27. The van der Waals surface area contributed by atoms with Crippen molar-refractivity contribution in [3.8, 4) is 0 Å². The molecule has 2 fully saturated rings. The number of anilines is 2. The molecule has 2 aliphatic rings. The average Bonchev–Trinajstić information content (AvgIpc) is 3.31. The molecule has 5 heteroatoms. The molecule has 0 radical (unpaired) electrons. The van der Waals surface area contributed by atoms with Gasteiger partial charge in [0.2, 0.25) is 0 Å². The fourth-order valence-corrected chi connectivity index (χ4v) is 2.94. The van der Waals surface area contributed by atoms with Crippen LogP contribution in [0.1, 0.15) is 23.2 Å². The maximum Gasteiger partial charge on any atom is 0.340 e. The Kier molecular flexibility index (Phi) is 4.01. The molecule has 5 nitrogen and oxygen atoms in total. The topological polar surface area (TPSA) is 58.8 Å². The van der Waals surface area contributed by atoms with E-state index < -0.39 is 0 Å². The summed E-state index contributed by atoms with van der Waals surface area (Å²) in [5, 5.41) is 0. The highest BCUT2D eigenvalue weighted by atomic mass is 16.5. The van der Waals surface area contributed by atoms with E-state index >= 15 is 0 Å². The monoisotopic (exact) mass is 289 g/mol. The molecule has 1 saturated heterocycles. The Labute approximate surface area is 125 Å². The van der Waals surface area contributed by atoms with E-state index in [1.165, 1.54) is 26.5 Å². The van der Waals surface area contributed by atoms with Gasteiger partial charge >= 0.3 is 5.97 Å². The summed E-state index contributed by atoms with van der Waals surface area (Å²) in [7, 11) is 1.41. The van der Waals surface area contributed by atoms with Crippen LogP contribution < -0.4 is 10.6 Å². The lowest BCUT2D eigenvalue weighted by Gasteiger charge is -2.36. The van der Waals surface area contributed by atoms with Crippen LogP contribution in [0.25, 0.3) is 0 Å². The molecule has 1 heterocycles. The summed E-state index contributed by atoms with van der Waals surface area (Å²) in [5.41, 5.74) is 7.88. The van der Waals surface area contributed by atoms with Gasteiger partial charge in [-0.3, -0.25) is 4.90 Å². The first-order chi connectivity index (χ1) is 10.2. The van der Waals surface area contributed by atoms with Crippen LogP contribution in [-0.4, -0.2) is 50.7 Å². The van der Waals surface area contributed by atoms with E-state index in [9.17, 15) is 4.79 Å². The number of methoxy groups -OCH3 is 1. The SMILES string of the molecule is COC(=O)c1cc(N)ccc1N1CCN(CC2CC2)CC1. The first-order valence-corrected chi connectivity index (χ1v) is 7.62. The van der Waals surface area contributed by atoms with Gasteiger partial charge in [0, 0.05) is 38.4 Å². The molecule has 1 aromatic rings. The zero-order valence-corrected chi connectivity index (χ0v) is 12.5. The predicted octanol–water partition coefficient (Wildman–Crippen LogP) is 1.59. The van der Waals surface area contributed by atoms with E-state index in [4.69, 9.17) is 10.5 Å². The van der Waals surface area contributed by atoms with E-state index in [1.54, 1.807) is 6.07 Å². The molecule has 0 amide bonds. The number of carbonyl (C=O) groups is 1. The molecule has 1 aliphatic heterocycles. The maximum atomic E-state index is 11.9. The molecule has 3 rings (SSSR count). The standard InChI is InChI=1S/C16H23N3O2/c1-21-16(20)14-10-13(17)4-5-15(14)19-8-6-18(7-9-19)11-12-2-3-12/h4-5,10,12H,2-3,6-9,11,17H2,1H3. The third-order valence-electron chi connectivity index (χ3n) is 4.35. The Hall–Kier alpha value is -1.75. The third-order valence-corrected chi connectivity index (χ3v) is 4.35. The number of esters is 1. The van der Waals surface area contributed by atoms with Crippen LogP contribution in [0, 0.1) is 5.92 Å². The van der Waals surface area contributed by atoms with Gasteiger partial charge in [-0.15, -0.1) is 0 Å². The van der Waals surface area contributed by atoms with Gasteiger partial charge in [0.15, 0.2) is 0 Å². The van der Waals surface area contributed by atoms with E-state index in [0.29, 0.717) is 11.3 Å². The molecule has 0 unspecified atom stereocenters. The number of carbonyl (C=O) groups excluding carboxylic acids is 1. The fraction of sp³-hybridized carbons (Fsp3) is 0.562. The van der Waals surface area contributed by atoms with Crippen molar-refractivity contribution in [3.05, 3.63) is 23.8 Å². The van der Waals surface area contributed by atoms with Gasteiger partial charge in [0.1, 0.15) is 0 Å². The first-order valence-electron chi connectivity index (χ1n) is 7.62. The molecule has 0 atom stereocenters. The number of hydrogen-bond donors (Lipinski definition) is 1. The Morgan fingerprint density at radius 1 is 1.29 bits per heavy atom. The number of benzene rings is 1. The molecule has 1 aliphatic carbocycles. The molecular weight excluding hydrogens is 266 g/mol. The van der Waals surface area contributed by atoms with E-state index in [-0.39, 0.29) is 5.97 Å². The zero-order valence-electron chi connectivity index (χ0n) is 12.5. The summed E-state index contributed by atoms with van der Waals surface area (Å²) >= 11 is 0. The van der Waals surface area contributed by atoms with Crippen molar-refractivity contribution in [2.24, 2.45) is 5.92 Å². The summed E-state index contributed by atoms with van der Waals surface area (Å²) < 4.78 is 4.87. The summed E-state index contributed by atoms with van der Waals surface area (Å²) in [4.78, 5) is 16.7. The third kappa shape index (κ3) is 3.29. The molecule has 0 spiro atoms. The number of rotatable bonds is 4. The molecule has 114 valence electrons. The van der Waals surface area contributed by atoms with Crippen molar-refractivity contribution in [2.75, 3.05) is 50.5 Å². The summed E-state index contributed by atoms with van der Waals surface area (Å²) in [6, 6.07) is 5.48. The normalized spacial score (nSPS) is 19.6. The van der Waals surface area contributed by atoms with Crippen LogP contribution in [0.4, 0.5) is 11.4 Å². The Morgan fingerprint density at radius 3 is 2.62 bits per heavy atom. The number of nitrogens with two attached hydrogens (primary N) is 1. The van der Waals surface area contributed by atoms with Crippen molar-refractivity contribution in [1.82, 2.24) is 4.90 Å². The molecular formula is C16H23N3O2. The van der Waals surface area contributed by atoms with Gasteiger partial charge in [-0.05, 0) is 37.0 Å². The zero-order chi connectivity index (χ0) is 14.8. The van der Waals surface area contributed by atoms with Crippen LogP contribution in [0.3, 0.4) is 0 Å². The van der Waals surface area contributed by atoms with Crippen LogP contribution >= 0.6 is 0 Å². The van der Waals surface area contributed by atoms with Gasteiger partial charge < -0.3 is 15.4 Å². The van der Waals surface area contributed by atoms with Crippen LogP contribution in [0.5, 0.6) is 0 Å². The number of ether oxygens (including phenoxy) is 1. The first kappa shape index (κ1) is 14.2. The highest BCUT2D eigenvalue weighted by molar-refractivity contribution is 5.97. The molecule has 0 aromatic heterocycles. The molecule has 21 heavy (non-hydrogen) atoms. The lowest BCUT2D eigenvalue weighted by Crippen LogP contribution is -2.47. The smallest absolute Gasteiger partial charge is 0.340 e. The fourth-order valence-electron chi connectivity index (χ4n) is 2.94. The van der Waals surface area contributed by atoms with Crippen molar-refractivity contribution in [1.29, 1.82) is 0 Å². The van der Waals surface area contributed by atoms with Gasteiger partial charge in [-0.2, -0.15) is 0 Å². The number of nitrogen functional groups attached to an aromatic ring is 1. The second kappa shape index (κ2) is 5.93. The molecule has 0 bridgehead atoms. The minimum Gasteiger partial charge on any atom is -0.465 e. The van der Waals surface area contributed by atoms with E-state index in [1.807, 2.05) is 12.1 Å². The van der Waals surface area contributed by atoms with Crippen molar-refractivity contribution in [2.45, 2.75) is 12.8 Å². The summed E-state index contributed by atoms with van der Waals surface area (Å²) in [6.07, 6.45) is 2.79. The quantitative estimate of drug-likeness (QED) is 0.674. The summed E-state index contributed by atoms with van der Waals surface area (Å²) in [5.74, 6) is 0.608. The second-order valence-corrected chi connectivity index (χ2v) is 6.00. The lowest BCUT2D eigenvalue weighted by molar-refractivity contribution is 0.0601. The molecule has 2 N–H and O–H groups in total. The number of hydrogen-bond acceptors (Lipinski definition) is 5. The van der Waals surface area contributed by atoms with Gasteiger partial charge in [-0.1, -0.05) is 0 Å².